The van der Waals surface area contributed by atoms with Gasteiger partial charge in [-0.2, -0.15) is 0 Å². The molecule has 0 spiro atoms. The summed E-state index contributed by atoms with van der Waals surface area (Å²) < 4.78 is 40.2. The lowest BCUT2D eigenvalue weighted by molar-refractivity contribution is 0.600. The van der Waals surface area contributed by atoms with E-state index < -0.39 is 10.0 Å². The summed E-state index contributed by atoms with van der Waals surface area (Å²) in [5.41, 5.74) is 1.10. The first-order valence-corrected chi connectivity index (χ1v) is 7.33. The smallest absolute Gasteiger partial charge is 0.265 e. The minimum Gasteiger partial charge on any atom is -0.387 e. The molecule has 0 bridgehead atoms. The number of pyridine rings is 1. The largest absolute Gasteiger partial charge is 0.387 e. The van der Waals surface area contributed by atoms with Gasteiger partial charge in [0.2, 0.25) is 0 Å². The van der Waals surface area contributed by atoms with Gasteiger partial charge >= 0.3 is 0 Å². The number of nitrogens with zero attached hydrogens (tertiary/aromatic N) is 1. The molecule has 0 saturated heterocycles. The average Bonchev–Trinajstić information content (AvgIpc) is 2.42. The monoisotopic (exact) mass is 295 g/mol. The number of aryl methyl sites for hydroxylation is 1. The molecule has 0 aliphatic carbocycles. The molecule has 0 unspecified atom stereocenters. The Morgan fingerprint density at radius 1 is 1.25 bits per heavy atom. The second-order valence-electron chi connectivity index (χ2n) is 4.19. The maximum atomic E-state index is 13.2. The number of aromatic nitrogens is 1. The van der Waals surface area contributed by atoms with E-state index >= 15 is 0 Å². The van der Waals surface area contributed by atoms with Gasteiger partial charge in [-0.1, -0.05) is 0 Å². The second kappa shape index (κ2) is 5.46. The van der Waals surface area contributed by atoms with Crippen molar-refractivity contribution in [2.75, 3.05) is 17.1 Å². The van der Waals surface area contributed by atoms with E-state index in [0.29, 0.717) is 16.9 Å². The van der Waals surface area contributed by atoms with Crippen LogP contribution in [-0.4, -0.2) is 20.4 Å². The molecule has 1 heterocycles. The number of hydrogen-bond donors (Lipinski definition) is 2. The molecule has 1 aromatic heterocycles. The van der Waals surface area contributed by atoms with Crippen LogP contribution in [0.25, 0.3) is 0 Å². The van der Waals surface area contributed by atoms with Crippen molar-refractivity contribution in [2.45, 2.75) is 11.8 Å². The zero-order valence-electron chi connectivity index (χ0n) is 11.0. The highest BCUT2D eigenvalue weighted by atomic mass is 32.2. The van der Waals surface area contributed by atoms with Crippen molar-refractivity contribution in [3.05, 3.63) is 48.0 Å². The SMILES string of the molecule is CNc1ccncc1S(=O)(=O)Nc1ccc(F)c(C)c1. The van der Waals surface area contributed by atoms with Gasteiger partial charge in [-0.25, -0.2) is 12.8 Å². The highest BCUT2D eigenvalue weighted by Gasteiger charge is 2.18. The fraction of sp³-hybridized carbons (Fsp3) is 0.154. The summed E-state index contributed by atoms with van der Waals surface area (Å²) in [6, 6.07) is 5.58. The van der Waals surface area contributed by atoms with Gasteiger partial charge in [0.1, 0.15) is 10.7 Å². The van der Waals surface area contributed by atoms with Crippen molar-refractivity contribution in [1.82, 2.24) is 4.98 Å². The van der Waals surface area contributed by atoms with Gasteiger partial charge in [-0.3, -0.25) is 9.71 Å². The quantitative estimate of drug-likeness (QED) is 0.908. The maximum Gasteiger partial charge on any atom is 0.265 e. The first-order chi connectivity index (χ1) is 9.44. The van der Waals surface area contributed by atoms with Crippen molar-refractivity contribution in [3.63, 3.8) is 0 Å². The normalized spacial score (nSPS) is 11.2. The van der Waals surface area contributed by atoms with E-state index in [1.807, 2.05) is 0 Å². The molecule has 0 aliphatic rings. The molecule has 2 aromatic rings. The van der Waals surface area contributed by atoms with Gasteiger partial charge in [0.15, 0.2) is 0 Å². The molecule has 0 fully saturated rings. The molecule has 7 heteroatoms. The van der Waals surface area contributed by atoms with Crippen molar-refractivity contribution in [1.29, 1.82) is 0 Å². The summed E-state index contributed by atoms with van der Waals surface area (Å²) in [5.74, 6) is -0.384. The zero-order valence-corrected chi connectivity index (χ0v) is 11.8. The molecule has 0 aliphatic heterocycles. The third kappa shape index (κ3) is 2.88. The van der Waals surface area contributed by atoms with Crippen LogP contribution < -0.4 is 10.0 Å². The summed E-state index contributed by atoms with van der Waals surface area (Å²) in [4.78, 5) is 3.85. The molecular formula is C13H14FN3O2S. The molecule has 2 N–H and O–H groups in total. The van der Waals surface area contributed by atoms with E-state index in [-0.39, 0.29) is 10.7 Å². The van der Waals surface area contributed by atoms with Gasteiger partial charge < -0.3 is 5.32 Å². The van der Waals surface area contributed by atoms with Crippen LogP contribution in [-0.2, 0) is 10.0 Å². The number of benzene rings is 1. The summed E-state index contributed by atoms with van der Waals surface area (Å²) in [7, 11) is -2.16. The van der Waals surface area contributed by atoms with Crippen LogP contribution in [0.1, 0.15) is 5.56 Å². The minimum atomic E-state index is -3.78. The fourth-order valence-electron chi connectivity index (χ4n) is 1.72. The number of anilines is 2. The van der Waals surface area contributed by atoms with Crippen LogP contribution in [0.4, 0.5) is 15.8 Å². The van der Waals surface area contributed by atoms with Crippen molar-refractivity contribution in [2.24, 2.45) is 0 Å². The maximum absolute atomic E-state index is 13.2. The minimum absolute atomic E-state index is 0.0319. The molecule has 1 aromatic carbocycles. The summed E-state index contributed by atoms with van der Waals surface area (Å²) in [6.45, 7) is 1.57. The van der Waals surface area contributed by atoms with E-state index in [4.69, 9.17) is 0 Å². The molecule has 20 heavy (non-hydrogen) atoms. The molecule has 0 atom stereocenters. The topological polar surface area (TPSA) is 71.1 Å². The van der Waals surface area contributed by atoms with Crippen LogP contribution in [0.3, 0.4) is 0 Å². The van der Waals surface area contributed by atoms with Crippen molar-refractivity contribution < 1.29 is 12.8 Å². The van der Waals surface area contributed by atoms with Gasteiger partial charge in [0.05, 0.1) is 5.69 Å². The van der Waals surface area contributed by atoms with Crippen LogP contribution in [0, 0.1) is 12.7 Å². The van der Waals surface area contributed by atoms with Gasteiger partial charge in [-0.15, -0.1) is 0 Å². The summed E-state index contributed by atoms with van der Waals surface area (Å²) in [5, 5.41) is 2.79. The lowest BCUT2D eigenvalue weighted by Gasteiger charge is -2.12. The summed E-state index contributed by atoms with van der Waals surface area (Å²) in [6.07, 6.45) is 2.75. The van der Waals surface area contributed by atoms with E-state index in [9.17, 15) is 12.8 Å². The number of sulfonamides is 1. The lowest BCUT2D eigenvalue weighted by atomic mass is 10.2. The summed E-state index contributed by atoms with van der Waals surface area (Å²) >= 11 is 0. The Hall–Kier alpha value is -2.15. The van der Waals surface area contributed by atoms with Crippen LogP contribution >= 0.6 is 0 Å². The molecule has 0 amide bonds. The Bertz CT molecular complexity index is 732. The number of hydrogen-bond acceptors (Lipinski definition) is 4. The molecule has 0 saturated carbocycles. The first-order valence-electron chi connectivity index (χ1n) is 5.85. The Labute approximate surface area is 116 Å². The highest BCUT2D eigenvalue weighted by molar-refractivity contribution is 7.92. The fourth-order valence-corrected chi connectivity index (χ4v) is 2.93. The van der Waals surface area contributed by atoms with Gasteiger partial charge in [0.25, 0.3) is 10.0 Å². The molecule has 5 nitrogen and oxygen atoms in total. The van der Waals surface area contributed by atoms with Crippen LogP contribution in [0.15, 0.2) is 41.6 Å². The third-order valence-corrected chi connectivity index (χ3v) is 4.16. The Kier molecular flexibility index (Phi) is 3.89. The zero-order chi connectivity index (χ0) is 14.8. The molecule has 2 rings (SSSR count). The average molecular weight is 295 g/mol. The van der Waals surface area contributed by atoms with E-state index in [1.54, 1.807) is 20.0 Å². The van der Waals surface area contributed by atoms with Gasteiger partial charge in [-0.05, 0) is 36.8 Å². The predicted molar refractivity (Wildman–Crippen MR) is 75.7 cm³/mol. The third-order valence-electron chi connectivity index (χ3n) is 2.75. The molecule has 106 valence electrons. The predicted octanol–water partition coefficient (Wildman–Crippen LogP) is 2.37. The Morgan fingerprint density at radius 2 is 2.00 bits per heavy atom. The van der Waals surface area contributed by atoms with Crippen LogP contribution in [0.5, 0.6) is 0 Å². The van der Waals surface area contributed by atoms with E-state index in [0.717, 1.165) is 0 Å². The standard InChI is InChI=1S/C13H14FN3O2S/c1-9-7-10(3-4-11(9)14)17-20(18,19)13-8-16-6-5-12(13)15-2/h3-8,17H,1-2H3,(H,15,16). The number of nitrogens with one attached hydrogen (secondary N) is 2. The Balaban J connectivity index is 2.38. The van der Waals surface area contributed by atoms with E-state index in [1.165, 1.54) is 30.6 Å². The van der Waals surface area contributed by atoms with Crippen molar-refractivity contribution in [3.8, 4) is 0 Å². The first kappa shape index (κ1) is 14.3. The van der Waals surface area contributed by atoms with E-state index in [2.05, 4.69) is 15.0 Å². The van der Waals surface area contributed by atoms with Gasteiger partial charge in [0, 0.05) is 25.1 Å². The van der Waals surface area contributed by atoms with Crippen molar-refractivity contribution >= 4 is 21.4 Å². The molecule has 0 radical (unpaired) electrons. The lowest BCUT2D eigenvalue weighted by Crippen LogP contribution is -2.15. The second-order valence-corrected chi connectivity index (χ2v) is 5.84. The Morgan fingerprint density at radius 3 is 2.65 bits per heavy atom. The number of rotatable bonds is 4. The highest BCUT2D eigenvalue weighted by Crippen LogP contribution is 2.23. The molecular weight excluding hydrogens is 281 g/mol. The van der Waals surface area contributed by atoms with Crippen LogP contribution in [0.2, 0.25) is 0 Å². The number of halogens is 1.